The predicted molar refractivity (Wildman–Crippen MR) is 129 cm³/mol. The number of nitriles is 1. The Morgan fingerprint density at radius 3 is 2.74 bits per heavy atom. The first-order valence-corrected chi connectivity index (χ1v) is 11.9. The van der Waals surface area contributed by atoms with Crippen molar-refractivity contribution < 1.29 is 18.4 Å². The molecule has 35 heavy (non-hydrogen) atoms. The van der Waals surface area contributed by atoms with Gasteiger partial charge in [0, 0.05) is 37.2 Å². The number of hydrogen-bond acceptors (Lipinski definition) is 7. The number of hydrogen-bond donors (Lipinski definition) is 2. The summed E-state index contributed by atoms with van der Waals surface area (Å²) in [6.45, 7) is 5.49. The van der Waals surface area contributed by atoms with Crippen molar-refractivity contribution in [1.82, 2.24) is 15.6 Å². The summed E-state index contributed by atoms with van der Waals surface area (Å²) in [5.74, 6) is 0.865. The summed E-state index contributed by atoms with van der Waals surface area (Å²) in [6, 6.07) is 12.9. The van der Waals surface area contributed by atoms with Crippen molar-refractivity contribution in [3.8, 4) is 17.7 Å². The van der Waals surface area contributed by atoms with Gasteiger partial charge in [0.2, 0.25) is 17.5 Å². The molecular weight excluding hydrogens is 446 g/mol. The van der Waals surface area contributed by atoms with E-state index >= 15 is 0 Å². The number of aromatic nitrogens is 1. The summed E-state index contributed by atoms with van der Waals surface area (Å²) in [5.41, 5.74) is 1.66. The Hall–Kier alpha value is -4.06. The van der Waals surface area contributed by atoms with Gasteiger partial charge in [-0.15, -0.1) is 0 Å². The van der Waals surface area contributed by atoms with Crippen molar-refractivity contribution in [3.63, 3.8) is 0 Å². The zero-order valence-electron chi connectivity index (χ0n) is 19.9. The molecule has 9 heteroatoms. The SMILES string of the molecule is CCC(C)NC(=O)c1cccc(CNC(=O)C2CCN(c3oc(-c4ccco4)nc3C#N)CC2)c1. The van der Waals surface area contributed by atoms with E-state index in [0.717, 1.165) is 12.0 Å². The van der Waals surface area contributed by atoms with E-state index < -0.39 is 0 Å². The lowest BCUT2D eigenvalue weighted by atomic mass is 9.95. The van der Waals surface area contributed by atoms with E-state index in [1.54, 1.807) is 18.2 Å². The Labute approximate surface area is 204 Å². The number of carbonyl (C=O) groups is 2. The fraction of sp³-hybridized carbons (Fsp3) is 0.385. The van der Waals surface area contributed by atoms with Gasteiger partial charge in [-0.05, 0) is 56.0 Å². The van der Waals surface area contributed by atoms with Crippen LogP contribution in [0.2, 0.25) is 0 Å². The maximum Gasteiger partial charge on any atom is 0.266 e. The third-order valence-electron chi connectivity index (χ3n) is 6.25. The molecule has 2 aromatic heterocycles. The molecule has 1 aliphatic heterocycles. The van der Waals surface area contributed by atoms with Crippen LogP contribution in [0.3, 0.4) is 0 Å². The number of piperidine rings is 1. The van der Waals surface area contributed by atoms with E-state index in [2.05, 4.69) is 21.7 Å². The summed E-state index contributed by atoms with van der Waals surface area (Å²) in [7, 11) is 0. The quantitative estimate of drug-likeness (QED) is 0.507. The van der Waals surface area contributed by atoms with Crippen LogP contribution >= 0.6 is 0 Å². The second-order valence-electron chi connectivity index (χ2n) is 8.72. The summed E-state index contributed by atoms with van der Waals surface area (Å²) in [6.07, 6.45) is 3.64. The topological polar surface area (TPSA) is 124 Å². The van der Waals surface area contributed by atoms with Crippen LogP contribution in [-0.4, -0.2) is 35.9 Å². The highest BCUT2D eigenvalue weighted by molar-refractivity contribution is 5.94. The summed E-state index contributed by atoms with van der Waals surface area (Å²) >= 11 is 0. The zero-order chi connectivity index (χ0) is 24.8. The molecule has 0 bridgehead atoms. The molecule has 0 radical (unpaired) electrons. The molecule has 2 N–H and O–H groups in total. The van der Waals surface area contributed by atoms with Crippen molar-refractivity contribution in [2.75, 3.05) is 18.0 Å². The summed E-state index contributed by atoms with van der Waals surface area (Å²) < 4.78 is 11.1. The highest BCUT2D eigenvalue weighted by Crippen LogP contribution is 2.31. The number of nitrogens with one attached hydrogen (secondary N) is 2. The van der Waals surface area contributed by atoms with Crippen LogP contribution in [0.1, 0.15) is 54.7 Å². The fourth-order valence-corrected chi connectivity index (χ4v) is 4.01. The third kappa shape index (κ3) is 5.72. The number of amides is 2. The van der Waals surface area contributed by atoms with Gasteiger partial charge in [-0.1, -0.05) is 19.1 Å². The Bertz CT molecular complexity index is 1200. The second-order valence-corrected chi connectivity index (χ2v) is 8.72. The van der Waals surface area contributed by atoms with Crippen molar-refractivity contribution in [2.45, 2.75) is 45.7 Å². The predicted octanol–water partition coefficient (Wildman–Crippen LogP) is 3.87. The number of carbonyl (C=O) groups excluding carboxylic acids is 2. The minimum Gasteiger partial charge on any atom is -0.459 e. The Morgan fingerprint density at radius 1 is 1.26 bits per heavy atom. The molecule has 1 aromatic carbocycles. The lowest BCUT2D eigenvalue weighted by molar-refractivity contribution is -0.125. The van der Waals surface area contributed by atoms with Crippen LogP contribution in [0.5, 0.6) is 0 Å². The molecule has 3 heterocycles. The van der Waals surface area contributed by atoms with E-state index in [4.69, 9.17) is 8.83 Å². The fourth-order valence-electron chi connectivity index (χ4n) is 4.01. The Balaban J connectivity index is 1.31. The van der Waals surface area contributed by atoms with Crippen molar-refractivity contribution in [2.24, 2.45) is 5.92 Å². The van der Waals surface area contributed by atoms with Crippen LogP contribution < -0.4 is 15.5 Å². The molecule has 1 aliphatic rings. The average Bonchev–Trinajstić information content (AvgIpc) is 3.57. The van der Waals surface area contributed by atoms with Crippen LogP contribution in [0.25, 0.3) is 11.7 Å². The largest absolute Gasteiger partial charge is 0.459 e. The minimum absolute atomic E-state index is 0.0199. The van der Waals surface area contributed by atoms with Gasteiger partial charge in [0.05, 0.1) is 6.26 Å². The van der Waals surface area contributed by atoms with E-state index in [1.807, 2.05) is 36.9 Å². The molecule has 9 nitrogen and oxygen atoms in total. The average molecular weight is 476 g/mol. The number of nitrogens with zero attached hydrogens (tertiary/aromatic N) is 3. The van der Waals surface area contributed by atoms with Gasteiger partial charge in [0.15, 0.2) is 5.76 Å². The van der Waals surface area contributed by atoms with Crippen molar-refractivity contribution in [3.05, 3.63) is 59.5 Å². The zero-order valence-corrected chi connectivity index (χ0v) is 19.9. The minimum atomic E-state index is -0.138. The third-order valence-corrected chi connectivity index (χ3v) is 6.25. The van der Waals surface area contributed by atoms with Gasteiger partial charge < -0.3 is 24.4 Å². The molecule has 1 saturated heterocycles. The molecule has 182 valence electrons. The first-order valence-electron chi connectivity index (χ1n) is 11.9. The smallest absolute Gasteiger partial charge is 0.266 e. The lowest BCUT2D eigenvalue weighted by Crippen LogP contribution is -2.40. The van der Waals surface area contributed by atoms with Gasteiger partial charge in [0.1, 0.15) is 6.07 Å². The summed E-state index contributed by atoms with van der Waals surface area (Å²) in [5, 5.41) is 15.4. The normalized spacial score (nSPS) is 14.8. The highest BCUT2D eigenvalue weighted by atomic mass is 16.4. The maximum atomic E-state index is 12.8. The summed E-state index contributed by atoms with van der Waals surface area (Å²) in [4.78, 5) is 31.3. The molecule has 1 atom stereocenters. The van der Waals surface area contributed by atoms with Gasteiger partial charge in [-0.3, -0.25) is 9.59 Å². The van der Waals surface area contributed by atoms with Gasteiger partial charge in [0.25, 0.3) is 11.8 Å². The van der Waals surface area contributed by atoms with Crippen LogP contribution in [0.4, 0.5) is 5.88 Å². The molecule has 1 unspecified atom stereocenters. The first kappa shape index (κ1) is 24.1. The number of oxazole rings is 1. The Morgan fingerprint density at radius 2 is 2.06 bits per heavy atom. The van der Waals surface area contributed by atoms with Crippen LogP contribution in [0, 0.1) is 17.2 Å². The second kappa shape index (κ2) is 10.9. The first-order chi connectivity index (χ1) is 17.0. The lowest BCUT2D eigenvalue weighted by Gasteiger charge is -2.31. The van der Waals surface area contributed by atoms with Gasteiger partial charge >= 0.3 is 0 Å². The molecule has 3 aromatic rings. The highest BCUT2D eigenvalue weighted by Gasteiger charge is 2.29. The molecule has 0 spiro atoms. The number of benzene rings is 1. The molecule has 4 rings (SSSR count). The van der Waals surface area contributed by atoms with Crippen molar-refractivity contribution >= 4 is 17.7 Å². The maximum absolute atomic E-state index is 12.8. The van der Waals surface area contributed by atoms with Crippen LogP contribution in [0.15, 0.2) is 51.5 Å². The molecule has 1 fully saturated rings. The number of furan rings is 1. The van der Waals surface area contributed by atoms with E-state index in [0.29, 0.717) is 49.7 Å². The van der Waals surface area contributed by atoms with E-state index in [1.165, 1.54) is 6.26 Å². The number of anilines is 1. The van der Waals surface area contributed by atoms with Gasteiger partial charge in [-0.25, -0.2) is 0 Å². The number of rotatable bonds is 8. The molecule has 2 amide bonds. The standard InChI is InChI=1S/C26H29N5O4/c1-3-17(2)29-24(33)20-7-4-6-18(14-20)16-28-23(32)19-9-11-31(12-10-19)26-21(15-27)30-25(35-26)22-8-5-13-34-22/h4-8,13-14,17,19H,3,9-12,16H2,1-2H3,(H,28,32)(H,29,33). The van der Waals surface area contributed by atoms with Crippen molar-refractivity contribution in [1.29, 1.82) is 5.26 Å². The Kier molecular flexibility index (Phi) is 7.51. The van der Waals surface area contributed by atoms with Gasteiger partial charge in [-0.2, -0.15) is 10.2 Å². The molecular formula is C26H29N5O4. The molecule has 0 saturated carbocycles. The molecule has 0 aliphatic carbocycles. The van der Waals surface area contributed by atoms with Crippen LogP contribution in [-0.2, 0) is 11.3 Å². The van der Waals surface area contributed by atoms with E-state index in [9.17, 15) is 14.9 Å². The monoisotopic (exact) mass is 475 g/mol. The van der Waals surface area contributed by atoms with E-state index in [-0.39, 0.29) is 35.4 Å².